The van der Waals surface area contributed by atoms with Gasteiger partial charge in [-0.2, -0.15) is 14.0 Å². The van der Waals surface area contributed by atoms with Crippen molar-refractivity contribution < 1.29 is 22.7 Å². The lowest BCUT2D eigenvalue weighted by Crippen LogP contribution is -2.06. The zero-order valence-corrected chi connectivity index (χ0v) is 13.5. The van der Waals surface area contributed by atoms with Crippen LogP contribution in [0.4, 0.5) is 13.2 Å². The lowest BCUT2D eigenvalue weighted by Gasteiger charge is -2.12. The van der Waals surface area contributed by atoms with Crippen LogP contribution in [-0.2, 0) is 0 Å². The van der Waals surface area contributed by atoms with Gasteiger partial charge in [-0.3, -0.25) is 4.79 Å². The van der Waals surface area contributed by atoms with Crippen LogP contribution in [0.15, 0.2) is 42.0 Å². The van der Waals surface area contributed by atoms with Crippen molar-refractivity contribution in [2.75, 3.05) is 0 Å². The summed E-state index contributed by atoms with van der Waals surface area (Å²) in [6, 6.07) is 10.1. The second-order valence-electron chi connectivity index (χ2n) is 5.34. The third-order valence-electron chi connectivity index (χ3n) is 3.48. The fourth-order valence-corrected chi connectivity index (χ4v) is 2.45. The fourth-order valence-electron chi connectivity index (χ4n) is 2.45. The highest BCUT2D eigenvalue weighted by Crippen LogP contribution is 2.27. The Balaban J connectivity index is 2.42. The summed E-state index contributed by atoms with van der Waals surface area (Å²) in [5, 5.41) is 9.24. The maximum Gasteiger partial charge on any atom is 0.387 e. The number of aryl methyl sites for hydroxylation is 2. The smallest absolute Gasteiger partial charge is 0.387 e. The SMILES string of the molecule is Cc1cc(/C=C(\C#N)C(=O)c2ccccc2F)cc(C)c1OC(F)F. The van der Waals surface area contributed by atoms with Gasteiger partial charge in [-0.25, -0.2) is 4.39 Å². The van der Waals surface area contributed by atoms with Crippen molar-refractivity contribution in [2.45, 2.75) is 20.5 Å². The zero-order valence-electron chi connectivity index (χ0n) is 13.5. The molecule has 0 radical (unpaired) electrons. The summed E-state index contributed by atoms with van der Waals surface area (Å²) >= 11 is 0. The van der Waals surface area contributed by atoms with E-state index in [-0.39, 0.29) is 16.9 Å². The number of hydrogen-bond donors (Lipinski definition) is 0. The normalized spacial score (nSPS) is 11.3. The Hall–Kier alpha value is -3.07. The molecule has 0 spiro atoms. The maximum atomic E-state index is 13.7. The minimum atomic E-state index is -2.95. The molecule has 0 aliphatic rings. The molecule has 0 fully saturated rings. The molecule has 0 N–H and O–H groups in total. The van der Waals surface area contributed by atoms with E-state index in [9.17, 15) is 23.2 Å². The van der Waals surface area contributed by atoms with Crippen LogP contribution < -0.4 is 4.74 Å². The summed E-state index contributed by atoms with van der Waals surface area (Å²) in [7, 11) is 0. The Morgan fingerprint density at radius 3 is 2.32 bits per heavy atom. The van der Waals surface area contributed by atoms with Crippen LogP contribution in [0.2, 0.25) is 0 Å². The molecule has 0 amide bonds. The summed E-state index contributed by atoms with van der Waals surface area (Å²) in [5.41, 5.74) is 0.857. The second-order valence-corrected chi connectivity index (χ2v) is 5.34. The van der Waals surface area contributed by atoms with Gasteiger partial charge in [0.05, 0.1) is 5.56 Å². The van der Waals surface area contributed by atoms with Gasteiger partial charge in [0.2, 0.25) is 5.78 Å². The number of benzene rings is 2. The molecular formula is C19H14F3NO2. The minimum Gasteiger partial charge on any atom is -0.434 e. The third-order valence-corrected chi connectivity index (χ3v) is 3.48. The van der Waals surface area contributed by atoms with Gasteiger partial charge in [0.15, 0.2) is 0 Å². The van der Waals surface area contributed by atoms with Crippen LogP contribution >= 0.6 is 0 Å². The van der Waals surface area contributed by atoms with Crippen LogP contribution in [0.3, 0.4) is 0 Å². The second kappa shape index (κ2) is 7.67. The molecule has 25 heavy (non-hydrogen) atoms. The first-order valence-corrected chi connectivity index (χ1v) is 7.30. The van der Waals surface area contributed by atoms with Crippen LogP contribution in [-0.4, -0.2) is 12.4 Å². The van der Waals surface area contributed by atoms with Crippen molar-refractivity contribution in [3.8, 4) is 11.8 Å². The number of carbonyl (C=O) groups excluding carboxylic acids is 1. The van der Waals surface area contributed by atoms with Gasteiger partial charge >= 0.3 is 6.61 Å². The molecule has 0 saturated carbocycles. The van der Waals surface area contributed by atoms with E-state index in [1.54, 1.807) is 19.9 Å². The Labute approximate surface area is 143 Å². The van der Waals surface area contributed by atoms with Gasteiger partial charge < -0.3 is 4.74 Å². The van der Waals surface area contributed by atoms with E-state index >= 15 is 0 Å². The number of rotatable bonds is 5. The van der Waals surface area contributed by atoms with Gasteiger partial charge in [-0.15, -0.1) is 0 Å². The maximum absolute atomic E-state index is 13.7. The predicted octanol–water partition coefficient (Wildman–Crippen LogP) is 4.83. The number of Topliss-reactive ketones (excluding diaryl/α,β-unsaturated/α-hetero) is 1. The number of alkyl halides is 2. The van der Waals surface area contributed by atoms with Gasteiger partial charge in [0, 0.05) is 0 Å². The van der Waals surface area contributed by atoms with E-state index in [2.05, 4.69) is 4.74 Å². The summed E-state index contributed by atoms with van der Waals surface area (Å²) < 4.78 is 43.0. The number of nitriles is 1. The molecule has 2 rings (SSSR count). The van der Waals surface area contributed by atoms with Crippen molar-refractivity contribution in [3.05, 3.63) is 70.0 Å². The van der Waals surface area contributed by atoms with Crippen LogP contribution in [0.5, 0.6) is 5.75 Å². The van der Waals surface area contributed by atoms with Crippen LogP contribution in [0.1, 0.15) is 27.0 Å². The molecular weight excluding hydrogens is 331 g/mol. The van der Waals surface area contributed by atoms with Crippen molar-refractivity contribution in [1.29, 1.82) is 5.26 Å². The number of allylic oxidation sites excluding steroid dienone is 1. The Bertz CT molecular complexity index is 859. The Morgan fingerprint density at radius 1 is 1.20 bits per heavy atom. The number of halogens is 3. The first-order chi connectivity index (χ1) is 11.8. The van der Waals surface area contributed by atoms with Crippen LogP contribution in [0, 0.1) is 31.0 Å². The summed E-state index contributed by atoms with van der Waals surface area (Å²) in [4.78, 5) is 12.3. The number of ether oxygens (including phenoxy) is 1. The van der Waals surface area contributed by atoms with Crippen molar-refractivity contribution in [2.24, 2.45) is 0 Å². The lowest BCUT2D eigenvalue weighted by atomic mass is 9.99. The van der Waals surface area contributed by atoms with E-state index in [1.807, 2.05) is 0 Å². The molecule has 2 aromatic rings. The minimum absolute atomic E-state index is 0.0473. The van der Waals surface area contributed by atoms with Crippen molar-refractivity contribution in [1.82, 2.24) is 0 Å². The van der Waals surface area contributed by atoms with Crippen molar-refractivity contribution >= 4 is 11.9 Å². The van der Waals surface area contributed by atoms with Crippen LogP contribution in [0.25, 0.3) is 6.08 Å². The molecule has 0 bridgehead atoms. The highest BCUT2D eigenvalue weighted by molar-refractivity contribution is 6.14. The molecule has 0 aromatic heterocycles. The van der Waals surface area contributed by atoms with E-state index in [1.165, 1.54) is 36.4 Å². The Morgan fingerprint density at radius 2 is 1.80 bits per heavy atom. The topological polar surface area (TPSA) is 50.1 Å². The van der Waals surface area contributed by atoms with Gasteiger partial charge in [-0.05, 0) is 60.9 Å². The standard InChI is InChI=1S/C19H14F3NO2/c1-11-7-13(8-12(2)18(11)25-19(21)22)9-14(10-23)17(24)15-5-3-4-6-16(15)20/h3-9,19H,1-2H3/b14-9+. The summed E-state index contributed by atoms with van der Waals surface area (Å²) in [6.07, 6.45) is 1.29. The van der Waals surface area contributed by atoms with E-state index in [0.717, 1.165) is 6.07 Å². The molecule has 3 nitrogen and oxygen atoms in total. The van der Waals surface area contributed by atoms with Gasteiger partial charge in [0.25, 0.3) is 0 Å². The quantitative estimate of drug-likeness (QED) is 0.443. The predicted molar refractivity (Wildman–Crippen MR) is 86.9 cm³/mol. The van der Waals surface area contributed by atoms with Gasteiger partial charge in [0.1, 0.15) is 23.2 Å². The summed E-state index contributed by atoms with van der Waals surface area (Å²) in [5.74, 6) is -1.42. The average Bonchev–Trinajstić information content (AvgIpc) is 2.55. The molecule has 0 unspecified atom stereocenters. The number of nitrogens with zero attached hydrogens (tertiary/aromatic N) is 1. The monoisotopic (exact) mass is 345 g/mol. The molecule has 2 aromatic carbocycles. The lowest BCUT2D eigenvalue weighted by molar-refractivity contribution is -0.0507. The van der Waals surface area contributed by atoms with Gasteiger partial charge in [-0.1, -0.05) is 12.1 Å². The number of ketones is 1. The molecule has 0 atom stereocenters. The highest BCUT2D eigenvalue weighted by atomic mass is 19.3. The largest absolute Gasteiger partial charge is 0.434 e. The molecule has 0 aliphatic heterocycles. The molecule has 128 valence electrons. The number of carbonyl (C=O) groups is 1. The first-order valence-electron chi connectivity index (χ1n) is 7.30. The highest BCUT2D eigenvalue weighted by Gasteiger charge is 2.17. The zero-order chi connectivity index (χ0) is 18.6. The molecule has 0 aliphatic carbocycles. The van der Waals surface area contributed by atoms with E-state index in [0.29, 0.717) is 16.7 Å². The molecule has 0 heterocycles. The number of hydrogen-bond acceptors (Lipinski definition) is 3. The van der Waals surface area contributed by atoms with Crippen molar-refractivity contribution in [3.63, 3.8) is 0 Å². The van der Waals surface area contributed by atoms with E-state index in [4.69, 9.17) is 0 Å². The third kappa shape index (κ3) is 4.27. The Kier molecular flexibility index (Phi) is 5.60. The first kappa shape index (κ1) is 18.3. The molecule has 0 saturated heterocycles. The van der Waals surface area contributed by atoms with E-state index < -0.39 is 18.2 Å². The average molecular weight is 345 g/mol. The molecule has 6 heteroatoms. The fraction of sp³-hybridized carbons (Fsp3) is 0.158. The summed E-state index contributed by atoms with van der Waals surface area (Å²) in [6.45, 7) is 0.204.